The van der Waals surface area contributed by atoms with E-state index in [1.807, 2.05) is 60.7 Å². The van der Waals surface area contributed by atoms with Crippen molar-refractivity contribution < 1.29 is 0 Å². The van der Waals surface area contributed by atoms with Crippen molar-refractivity contribution in [1.82, 2.24) is 0 Å². The van der Waals surface area contributed by atoms with Gasteiger partial charge < -0.3 is 5.32 Å². The lowest BCUT2D eigenvalue weighted by Gasteiger charge is -2.04. The Kier molecular flexibility index (Phi) is 3.77. The molecule has 0 unspecified atom stereocenters. The van der Waals surface area contributed by atoms with Gasteiger partial charge in [0.2, 0.25) is 0 Å². The predicted octanol–water partition coefficient (Wildman–Crippen LogP) is 4.33. The van der Waals surface area contributed by atoms with Gasteiger partial charge in [0.1, 0.15) is 0 Å². The van der Waals surface area contributed by atoms with Gasteiger partial charge >= 0.3 is 0 Å². The Hall–Kier alpha value is -2.28. The predicted molar refractivity (Wildman–Crippen MR) is 74.7 cm³/mol. The van der Waals surface area contributed by atoms with Crippen molar-refractivity contribution in [2.45, 2.75) is 0 Å². The molecule has 0 aliphatic heterocycles. The molecule has 0 saturated carbocycles. The highest BCUT2D eigenvalue weighted by atomic mass is 14.9. The molecule has 0 heterocycles. The first kappa shape index (κ1) is 11.2. The molecule has 0 radical (unpaired) electrons. The van der Waals surface area contributed by atoms with Crippen LogP contribution in [0.5, 0.6) is 0 Å². The van der Waals surface area contributed by atoms with E-state index in [0.29, 0.717) is 0 Å². The standard InChI is InChI=1S/C16H15N/c1-14(17-16-10-6-3-7-11-16)12-13-15-8-4-2-5-9-15/h2-13,17H,1H2/b13-12+. The van der Waals surface area contributed by atoms with Crippen molar-refractivity contribution in [3.05, 3.63) is 84.6 Å². The topological polar surface area (TPSA) is 12.0 Å². The van der Waals surface area contributed by atoms with Gasteiger partial charge in [-0.1, -0.05) is 61.2 Å². The van der Waals surface area contributed by atoms with Gasteiger partial charge in [0.05, 0.1) is 0 Å². The van der Waals surface area contributed by atoms with E-state index >= 15 is 0 Å². The van der Waals surface area contributed by atoms with Crippen molar-refractivity contribution in [2.75, 3.05) is 5.32 Å². The average Bonchev–Trinajstić information content (AvgIpc) is 2.39. The van der Waals surface area contributed by atoms with Gasteiger partial charge in [-0.2, -0.15) is 0 Å². The van der Waals surface area contributed by atoms with E-state index in [0.717, 1.165) is 11.4 Å². The minimum Gasteiger partial charge on any atom is -0.356 e. The summed E-state index contributed by atoms with van der Waals surface area (Å²) in [6, 6.07) is 20.2. The molecule has 2 aromatic carbocycles. The van der Waals surface area contributed by atoms with Gasteiger partial charge in [0.15, 0.2) is 0 Å². The maximum absolute atomic E-state index is 3.97. The van der Waals surface area contributed by atoms with Crippen molar-refractivity contribution in [3.8, 4) is 0 Å². The van der Waals surface area contributed by atoms with E-state index in [4.69, 9.17) is 0 Å². The number of rotatable bonds is 4. The van der Waals surface area contributed by atoms with Crippen LogP contribution >= 0.6 is 0 Å². The number of para-hydroxylation sites is 1. The van der Waals surface area contributed by atoms with Crippen molar-refractivity contribution >= 4 is 11.8 Å². The SMILES string of the molecule is C=C(/C=C/c1ccccc1)Nc1ccccc1. The molecule has 2 rings (SSSR count). The van der Waals surface area contributed by atoms with Gasteiger partial charge in [-0.25, -0.2) is 0 Å². The van der Waals surface area contributed by atoms with Gasteiger partial charge in [0.25, 0.3) is 0 Å². The lowest BCUT2D eigenvalue weighted by molar-refractivity contribution is 1.50. The normalized spacial score (nSPS) is 10.4. The molecule has 0 aliphatic rings. The first-order valence-electron chi connectivity index (χ1n) is 5.59. The first-order chi connectivity index (χ1) is 8.34. The zero-order valence-electron chi connectivity index (χ0n) is 9.64. The second-order valence-corrected chi connectivity index (χ2v) is 3.76. The summed E-state index contributed by atoms with van der Waals surface area (Å²) >= 11 is 0. The van der Waals surface area contributed by atoms with Gasteiger partial charge in [-0.15, -0.1) is 0 Å². The fourth-order valence-electron chi connectivity index (χ4n) is 1.51. The number of allylic oxidation sites excluding steroid dienone is 1. The maximum Gasteiger partial charge on any atom is 0.0384 e. The summed E-state index contributed by atoms with van der Waals surface area (Å²) in [4.78, 5) is 0. The number of nitrogens with one attached hydrogen (secondary N) is 1. The Balaban J connectivity index is 1.96. The molecule has 0 bridgehead atoms. The zero-order chi connectivity index (χ0) is 11.9. The van der Waals surface area contributed by atoms with Gasteiger partial charge in [0, 0.05) is 11.4 Å². The summed E-state index contributed by atoms with van der Waals surface area (Å²) in [6.45, 7) is 3.97. The summed E-state index contributed by atoms with van der Waals surface area (Å²) in [5.41, 5.74) is 3.10. The minimum absolute atomic E-state index is 0.875. The summed E-state index contributed by atoms with van der Waals surface area (Å²) in [7, 11) is 0. The van der Waals surface area contributed by atoms with E-state index in [1.165, 1.54) is 5.56 Å². The quantitative estimate of drug-likeness (QED) is 0.758. The molecule has 1 nitrogen and oxygen atoms in total. The summed E-state index contributed by atoms with van der Waals surface area (Å²) in [5.74, 6) is 0. The van der Waals surface area contributed by atoms with E-state index in [9.17, 15) is 0 Å². The molecule has 0 aromatic heterocycles. The van der Waals surface area contributed by atoms with Crippen LogP contribution in [0.25, 0.3) is 6.08 Å². The highest BCUT2D eigenvalue weighted by molar-refractivity contribution is 5.57. The highest BCUT2D eigenvalue weighted by Crippen LogP contribution is 2.10. The average molecular weight is 221 g/mol. The summed E-state index contributed by atoms with van der Waals surface area (Å²) < 4.78 is 0. The third-order valence-electron chi connectivity index (χ3n) is 2.36. The van der Waals surface area contributed by atoms with Crippen LogP contribution < -0.4 is 5.32 Å². The molecular formula is C16H15N. The maximum atomic E-state index is 3.97. The molecule has 84 valence electrons. The molecule has 0 aliphatic carbocycles. The molecule has 0 atom stereocenters. The molecule has 1 heteroatoms. The third-order valence-corrected chi connectivity index (χ3v) is 2.36. The Morgan fingerprint density at radius 3 is 2.12 bits per heavy atom. The van der Waals surface area contributed by atoms with Gasteiger partial charge in [-0.3, -0.25) is 0 Å². The zero-order valence-corrected chi connectivity index (χ0v) is 9.64. The number of benzene rings is 2. The van der Waals surface area contributed by atoms with Crippen LogP contribution in [0.1, 0.15) is 5.56 Å². The van der Waals surface area contributed by atoms with Crippen LogP contribution in [-0.2, 0) is 0 Å². The Labute approximate surface area is 102 Å². The lowest BCUT2D eigenvalue weighted by atomic mass is 10.2. The molecule has 0 amide bonds. The molecule has 17 heavy (non-hydrogen) atoms. The van der Waals surface area contributed by atoms with Crippen LogP contribution in [0.15, 0.2) is 79.0 Å². The summed E-state index contributed by atoms with van der Waals surface area (Å²) in [5, 5.41) is 3.23. The summed E-state index contributed by atoms with van der Waals surface area (Å²) in [6.07, 6.45) is 4.01. The van der Waals surface area contributed by atoms with E-state index in [1.54, 1.807) is 0 Å². The fourth-order valence-corrected chi connectivity index (χ4v) is 1.51. The smallest absolute Gasteiger partial charge is 0.0384 e. The van der Waals surface area contributed by atoms with Crippen molar-refractivity contribution in [1.29, 1.82) is 0 Å². The monoisotopic (exact) mass is 221 g/mol. The van der Waals surface area contributed by atoms with Crippen LogP contribution in [-0.4, -0.2) is 0 Å². The largest absolute Gasteiger partial charge is 0.356 e. The van der Waals surface area contributed by atoms with Crippen molar-refractivity contribution in [3.63, 3.8) is 0 Å². The Bertz CT molecular complexity index is 498. The van der Waals surface area contributed by atoms with Crippen molar-refractivity contribution in [2.24, 2.45) is 0 Å². The number of hydrogen-bond donors (Lipinski definition) is 1. The highest BCUT2D eigenvalue weighted by Gasteiger charge is 1.90. The lowest BCUT2D eigenvalue weighted by Crippen LogP contribution is -1.93. The first-order valence-corrected chi connectivity index (χ1v) is 5.59. The third kappa shape index (κ3) is 3.65. The molecule has 1 N–H and O–H groups in total. The van der Waals surface area contributed by atoms with Crippen LogP contribution in [0.4, 0.5) is 5.69 Å². The minimum atomic E-state index is 0.875. The molecular weight excluding hydrogens is 206 g/mol. The van der Waals surface area contributed by atoms with Crippen LogP contribution in [0.3, 0.4) is 0 Å². The number of anilines is 1. The fraction of sp³-hybridized carbons (Fsp3) is 0. The van der Waals surface area contributed by atoms with E-state index < -0.39 is 0 Å². The Morgan fingerprint density at radius 1 is 0.882 bits per heavy atom. The number of hydrogen-bond acceptors (Lipinski definition) is 1. The molecule has 0 saturated heterocycles. The second kappa shape index (κ2) is 5.71. The van der Waals surface area contributed by atoms with Crippen LogP contribution in [0.2, 0.25) is 0 Å². The van der Waals surface area contributed by atoms with Crippen LogP contribution in [0, 0.1) is 0 Å². The van der Waals surface area contributed by atoms with E-state index in [2.05, 4.69) is 24.0 Å². The molecule has 0 fully saturated rings. The second-order valence-electron chi connectivity index (χ2n) is 3.76. The van der Waals surface area contributed by atoms with E-state index in [-0.39, 0.29) is 0 Å². The Morgan fingerprint density at radius 2 is 1.47 bits per heavy atom. The molecule has 2 aromatic rings. The molecule has 0 spiro atoms. The van der Waals surface area contributed by atoms with Gasteiger partial charge in [-0.05, 0) is 23.8 Å².